The van der Waals surface area contributed by atoms with Crippen LogP contribution in [-0.2, 0) is 6.54 Å². The fraction of sp³-hybridized carbons (Fsp3) is 0.643. The standard InChI is InChI=1S/C14H23N3S/c1-3-8-15-14-6-4-5-12(16-14)10-17(2)13-7-9-18-11-13/h4-6,13H,3,7-11H2,1-2H3,(H,15,16). The van der Waals surface area contributed by atoms with E-state index < -0.39 is 0 Å². The molecule has 0 amide bonds. The second-order valence-electron chi connectivity index (χ2n) is 4.87. The average Bonchev–Trinajstić information content (AvgIpc) is 2.91. The molecule has 100 valence electrons. The third-order valence-electron chi connectivity index (χ3n) is 3.30. The quantitative estimate of drug-likeness (QED) is 0.856. The number of hydrogen-bond acceptors (Lipinski definition) is 4. The number of hydrogen-bond donors (Lipinski definition) is 1. The minimum atomic E-state index is 0.726. The third-order valence-corrected chi connectivity index (χ3v) is 4.45. The van der Waals surface area contributed by atoms with Crippen molar-refractivity contribution in [3.05, 3.63) is 23.9 Å². The van der Waals surface area contributed by atoms with Gasteiger partial charge in [0.05, 0.1) is 5.69 Å². The third kappa shape index (κ3) is 3.89. The van der Waals surface area contributed by atoms with E-state index in [0.717, 1.165) is 37.1 Å². The molecule has 0 aliphatic carbocycles. The van der Waals surface area contributed by atoms with Gasteiger partial charge in [0.25, 0.3) is 0 Å². The molecule has 1 unspecified atom stereocenters. The van der Waals surface area contributed by atoms with Gasteiger partial charge >= 0.3 is 0 Å². The second kappa shape index (κ2) is 7.00. The van der Waals surface area contributed by atoms with Crippen LogP contribution in [0.25, 0.3) is 0 Å². The van der Waals surface area contributed by atoms with Crippen LogP contribution in [0.4, 0.5) is 5.82 Å². The molecule has 1 aromatic heterocycles. The lowest BCUT2D eigenvalue weighted by Gasteiger charge is -2.23. The molecule has 0 bridgehead atoms. The van der Waals surface area contributed by atoms with Crippen molar-refractivity contribution in [3.63, 3.8) is 0 Å². The smallest absolute Gasteiger partial charge is 0.126 e. The molecule has 1 saturated heterocycles. The Morgan fingerprint density at radius 1 is 1.50 bits per heavy atom. The van der Waals surface area contributed by atoms with Crippen LogP contribution >= 0.6 is 11.8 Å². The highest BCUT2D eigenvalue weighted by Crippen LogP contribution is 2.22. The van der Waals surface area contributed by atoms with E-state index in [4.69, 9.17) is 0 Å². The largest absolute Gasteiger partial charge is 0.370 e. The Morgan fingerprint density at radius 3 is 3.11 bits per heavy atom. The number of anilines is 1. The van der Waals surface area contributed by atoms with Gasteiger partial charge in [-0.2, -0.15) is 11.8 Å². The minimum Gasteiger partial charge on any atom is -0.370 e. The Labute approximate surface area is 114 Å². The molecule has 1 aliphatic heterocycles. The Bertz CT molecular complexity index is 364. The van der Waals surface area contributed by atoms with E-state index in [1.54, 1.807) is 0 Å². The second-order valence-corrected chi connectivity index (χ2v) is 6.02. The van der Waals surface area contributed by atoms with Gasteiger partial charge in [0.15, 0.2) is 0 Å². The van der Waals surface area contributed by atoms with Gasteiger partial charge in [0, 0.05) is 24.9 Å². The summed E-state index contributed by atoms with van der Waals surface area (Å²) in [6.07, 6.45) is 2.44. The van der Waals surface area contributed by atoms with Crippen molar-refractivity contribution in [2.24, 2.45) is 0 Å². The summed E-state index contributed by atoms with van der Waals surface area (Å²) in [5.74, 6) is 3.58. The molecule has 3 nitrogen and oxygen atoms in total. The van der Waals surface area contributed by atoms with Crippen molar-refractivity contribution < 1.29 is 0 Å². The van der Waals surface area contributed by atoms with Crippen LogP contribution in [0.2, 0.25) is 0 Å². The first-order valence-corrected chi connectivity index (χ1v) is 7.93. The lowest BCUT2D eigenvalue weighted by Crippen LogP contribution is -2.31. The number of pyridine rings is 1. The van der Waals surface area contributed by atoms with E-state index in [0.29, 0.717) is 0 Å². The molecule has 1 aliphatic rings. The Balaban J connectivity index is 1.91. The van der Waals surface area contributed by atoms with E-state index in [1.807, 2.05) is 6.07 Å². The van der Waals surface area contributed by atoms with Gasteiger partial charge in [-0.25, -0.2) is 4.98 Å². The summed E-state index contributed by atoms with van der Waals surface area (Å²) in [4.78, 5) is 7.10. The molecule has 18 heavy (non-hydrogen) atoms. The van der Waals surface area contributed by atoms with Crippen molar-refractivity contribution in [1.29, 1.82) is 0 Å². The maximum Gasteiger partial charge on any atom is 0.126 e. The molecule has 0 saturated carbocycles. The summed E-state index contributed by atoms with van der Waals surface area (Å²) in [7, 11) is 2.21. The van der Waals surface area contributed by atoms with Crippen LogP contribution < -0.4 is 5.32 Å². The highest BCUT2D eigenvalue weighted by molar-refractivity contribution is 7.99. The molecule has 0 radical (unpaired) electrons. The van der Waals surface area contributed by atoms with Crippen molar-refractivity contribution >= 4 is 17.6 Å². The van der Waals surface area contributed by atoms with Crippen LogP contribution in [0.3, 0.4) is 0 Å². The topological polar surface area (TPSA) is 28.2 Å². The zero-order valence-electron chi connectivity index (χ0n) is 11.4. The maximum absolute atomic E-state index is 4.66. The molecule has 1 aromatic rings. The highest BCUT2D eigenvalue weighted by Gasteiger charge is 2.20. The number of rotatable bonds is 6. The number of aromatic nitrogens is 1. The number of nitrogens with one attached hydrogen (secondary N) is 1. The van der Waals surface area contributed by atoms with Gasteiger partial charge in [-0.15, -0.1) is 0 Å². The zero-order valence-corrected chi connectivity index (χ0v) is 12.2. The summed E-state index contributed by atoms with van der Waals surface area (Å²) in [5.41, 5.74) is 1.16. The molecule has 4 heteroatoms. The van der Waals surface area contributed by atoms with Gasteiger partial charge in [0.2, 0.25) is 0 Å². The van der Waals surface area contributed by atoms with Crippen molar-refractivity contribution in [3.8, 4) is 0 Å². The first-order valence-electron chi connectivity index (χ1n) is 6.77. The van der Waals surface area contributed by atoms with E-state index in [-0.39, 0.29) is 0 Å². The molecular weight excluding hydrogens is 242 g/mol. The molecule has 1 atom stereocenters. The van der Waals surface area contributed by atoms with E-state index in [9.17, 15) is 0 Å². The molecule has 1 N–H and O–H groups in total. The van der Waals surface area contributed by atoms with Crippen LogP contribution in [0.1, 0.15) is 25.5 Å². The minimum absolute atomic E-state index is 0.726. The molecule has 2 rings (SSSR count). The zero-order chi connectivity index (χ0) is 12.8. The van der Waals surface area contributed by atoms with Crippen LogP contribution in [-0.4, -0.2) is 41.0 Å². The molecular formula is C14H23N3S. The SMILES string of the molecule is CCCNc1cccc(CN(C)C2CCSC2)n1. The van der Waals surface area contributed by atoms with E-state index in [1.165, 1.54) is 17.9 Å². The van der Waals surface area contributed by atoms with Gasteiger partial charge in [-0.1, -0.05) is 13.0 Å². The van der Waals surface area contributed by atoms with Crippen molar-refractivity contribution in [2.75, 3.05) is 30.4 Å². The van der Waals surface area contributed by atoms with Crippen LogP contribution in [0, 0.1) is 0 Å². The number of nitrogens with zero attached hydrogens (tertiary/aromatic N) is 2. The summed E-state index contributed by atoms with van der Waals surface area (Å²) in [5, 5.41) is 3.34. The first kappa shape index (κ1) is 13.7. The lowest BCUT2D eigenvalue weighted by atomic mass is 10.2. The van der Waals surface area contributed by atoms with E-state index in [2.05, 4.69) is 53.1 Å². The van der Waals surface area contributed by atoms with Gasteiger partial charge < -0.3 is 5.32 Å². The normalized spacial score (nSPS) is 19.4. The fourth-order valence-electron chi connectivity index (χ4n) is 2.17. The van der Waals surface area contributed by atoms with Crippen molar-refractivity contribution in [2.45, 2.75) is 32.4 Å². The lowest BCUT2D eigenvalue weighted by molar-refractivity contribution is 0.251. The summed E-state index contributed by atoms with van der Waals surface area (Å²) in [6.45, 7) is 4.11. The summed E-state index contributed by atoms with van der Waals surface area (Å²) >= 11 is 2.06. The molecule has 2 heterocycles. The number of thioether (sulfide) groups is 1. The van der Waals surface area contributed by atoms with Crippen LogP contribution in [0.5, 0.6) is 0 Å². The van der Waals surface area contributed by atoms with Crippen molar-refractivity contribution in [1.82, 2.24) is 9.88 Å². The predicted octanol–water partition coefficient (Wildman–Crippen LogP) is 2.84. The monoisotopic (exact) mass is 265 g/mol. The summed E-state index contributed by atoms with van der Waals surface area (Å²) in [6, 6.07) is 6.99. The maximum atomic E-state index is 4.66. The fourth-order valence-corrected chi connectivity index (χ4v) is 3.47. The first-order chi connectivity index (χ1) is 8.79. The molecule has 0 aromatic carbocycles. The predicted molar refractivity (Wildman–Crippen MR) is 80.2 cm³/mol. The Kier molecular flexibility index (Phi) is 5.32. The Morgan fingerprint density at radius 2 is 2.39 bits per heavy atom. The Hall–Kier alpha value is -0.740. The van der Waals surface area contributed by atoms with Gasteiger partial charge in [-0.3, -0.25) is 4.90 Å². The molecule has 0 spiro atoms. The van der Waals surface area contributed by atoms with E-state index >= 15 is 0 Å². The van der Waals surface area contributed by atoms with Crippen LogP contribution in [0.15, 0.2) is 18.2 Å². The average molecular weight is 265 g/mol. The summed E-state index contributed by atoms with van der Waals surface area (Å²) < 4.78 is 0. The van der Waals surface area contributed by atoms with Gasteiger partial charge in [-0.05, 0) is 37.8 Å². The molecule has 1 fully saturated rings. The van der Waals surface area contributed by atoms with Gasteiger partial charge in [0.1, 0.15) is 5.82 Å². The highest BCUT2D eigenvalue weighted by atomic mass is 32.2.